The average Bonchev–Trinajstić information content (AvgIpc) is 2.16. The van der Waals surface area contributed by atoms with Crippen molar-refractivity contribution in [2.24, 2.45) is 0 Å². The number of alkyl halides is 3. The van der Waals surface area contributed by atoms with Crippen molar-refractivity contribution in [3.05, 3.63) is 24.3 Å². The summed E-state index contributed by atoms with van der Waals surface area (Å²) < 4.78 is 46.1. The number of hydrogen-bond acceptors (Lipinski definition) is 3. The lowest BCUT2D eigenvalue weighted by atomic mass is 10.3. The predicted octanol–water partition coefficient (Wildman–Crippen LogP) is 0.915. The molecule has 1 aromatic rings. The fourth-order valence-electron chi connectivity index (χ4n) is 0.899. The second-order valence-electron chi connectivity index (χ2n) is 2.76. The maximum atomic E-state index is 11.9. The van der Waals surface area contributed by atoms with Gasteiger partial charge in [0.15, 0.2) is 5.30 Å². The molecule has 1 atom stereocenters. The van der Waals surface area contributed by atoms with Crippen molar-refractivity contribution in [3.63, 3.8) is 0 Å². The smallest absolute Gasteiger partial charge is 0.471 e. The molecule has 0 bridgehead atoms. The summed E-state index contributed by atoms with van der Waals surface area (Å²) in [5, 5.41) is 1.37. The SMILES string of the molecule is O=C(Nc1cccc([P+](=O)[O-])c1)C(F)(F)F. The molecule has 0 aromatic heterocycles. The van der Waals surface area contributed by atoms with Crippen LogP contribution in [0.3, 0.4) is 0 Å². The van der Waals surface area contributed by atoms with Crippen LogP contribution in [0.25, 0.3) is 0 Å². The molecular weight excluding hydrogens is 246 g/mol. The standard InChI is InChI=1S/C8H5F3NO3P/c9-8(10,11)7(13)12-5-2-1-3-6(4-5)16(14)15/h1-4H,(H,12,13). The first-order chi connectivity index (χ1) is 7.30. The first-order valence-corrected chi connectivity index (χ1v) is 5.11. The van der Waals surface area contributed by atoms with Crippen molar-refractivity contribution in [2.75, 3.05) is 5.32 Å². The summed E-state index contributed by atoms with van der Waals surface area (Å²) in [5.74, 6) is -2.15. The zero-order chi connectivity index (χ0) is 12.3. The van der Waals surface area contributed by atoms with Gasteiger partial charge in [-0.1, -0.05) is 10.6 Å². The lowest BCUT2D eigenvalue weighted by Gasteiger charge is -2.07. The summed E-state index contributed by atoms with van der Waals surface area (Å²) in [6.07, 6.45) is -5.00. The summed E-state index contributed by atoms with van der Waals surface area (Å²) in [7, 11) is -2.90. The third kappa shape index (κ3) is 3.29. The molecule has 0 saturated carbocycles. The number of carbonyl (C=O) groups is 1. The summed E-state index contributed by atoms with van der Waals surface area (Å²) in [6.45, 7) is 0. The first-order valence-electron chi connectivity index (χ1n) is 3.93. The van der Waals surface area contributed by atoms with E-state index in [2.05, 4.69) is 0 Å². The highest BCUT2D eigenvalue weighted by molar-refractivity contribution is 7.45. The number of anilines is 1. The van der Waals surface area contributed by atoms with E-state index in [9.17, 15) is 27.4 Å². The molecule has 8 heteroatoms. The molecule has 1 rings (SSSR count). The van der Waals surface area contributed by atoms with Gasteiger partial charge in [0.2, 0.25) is 0 Å². The molecular formula is C8H5F3NO3P. The summed E-state index contributed by atoms with van der Waals surface area (Å²) in [6, 6.07) is 4.53. The molecule has 16 heavy (non-hydrogen) atoms. The van der Waals surface area contributed by atoms with E-state index >= 15 is 0 Å². The monoisotopic (exact) mass is 251 g/mol. The Balaban J connectivity index is 2.87. The minimum absolute atomic E-state index is 0.171. The van der Waals surface area contributed by atoms with E-state index in [1.54, 1.807) is 5.32 Å². The first kappa shape index (κ1) is 12.6. The van der Waals surface area contributed by atoms with Crippen molar-refractivity contribution >= 4 is 24.9 Å². The van der Waals surface area contributed by atoms with Crippen molar-refractivity contribution in [3.8, 4) is 0 Å². The molecule has 0 aliphatic carbocycles. The number of carbonyl (C=O) groups excluding carboxylic acids is 1. The lowest BCUT2D eigenvalue weighted by Crippen LogP contribution is -2.30. The van der Waals surface area contributed by atoms with Gasteiger partial charge in [0.05, 0.1) is 0 Å². The maximum Gasteiger partial charge on any atom is 0.471 e. The van der Waals surface area contributed by atoms with Gasteiger partial charge in [-0.05, 0) is 12.1 Å². The number of amides is 1. The van der Waals surface area contributed by atoms with E-state index in [0.29, 0.717) is 0 Å². The average molecular weight is 251 g/mol. The highest BCUT2D eigenvalue weighted by atomic mass is 31.1. The van der Waals surface area contributed by atoms with E-state index in [4.69, 9.17) is 0 Å². The summed E-state index contributed by atoms with van der Waals surface area (Å²) in [5.41, 5.74) is -0.223. The molecule has 0 heterocycles. The van der Waals surface area contributed by atoms with E-state index in [0.717, 1.165) is 12.1 Å². The Morgan fingerprint density at radius 1 is 1.38 bits per heavy atom. The minimum Gasteiger partial charge on any atom is -0.591 e. The molecule has 0 fully saturated rings. The Kier molecular flexibility index (Phi) is 3.62. The third-order valence-electron chi connectivity index (χ3n) is 1.57. The predicted molar refractivity (Wildman–Crippen MR) is 48.4 cm³/mol. The second-order valence-corrected chi connectivity index (χ2v) is 3.79. The molecule has 0 aliphatic heterocycles. The minimum atomic E-state index is -5.00. The van der Waals surface area contributed by atoms with Crippen molar-refractivity contribution in [2.45, 2.75) is 6.18 Å². The fourth-order valence-corrected chi connectivity index (χ4v) is 1.35. The van der Waals surface area contributed by atoms with Gasteiger partial charge in [0.1, 0.15) is 0 Å². The van der Waals surface area contributed by atoms with Crippen LogP contribution in [-0.4, -0.2) is 12.1 Å². The normalized spacial score (nSPS) is 12.1. The molecule has 4 nitrogen and oxygen atoms in total. The highest BCUT2D eigenvalue weighted by Gasteiger charge is 2.38. The number of hydrogen-bond donors (Lipinski definition) is 1. The number of benzene rings is 1. The van der Waals surface area contributed by atoms with Crippen molar-refractivity contribution in [1.82, 2.24) is 0 Å². The molecule has 0 spiro atoms. The Morgan fingerprint density at radius 3 is 2.50 bits per heavy atom. The van der Waals surface area contributed by atoms with Gasteiger partial charge in [0, 0.05) is 11.8 Å². The quantitative estimate of drug-likeness (QED) is 0.794. The van der Waals surface area contributed by atoms with Gasteiger partial charge >= 0.3 is 20.1 Å². The van der Waals surface area contributed by atoms with Gasteiger partial charge in [0.25, 0.3) is 0 Å². The largest absolute Gasteiger partial charge is 0.591 e. The molecule has 0 aliphatic rings. The van der Waals surface area contributed by atoms with E-state index in [1.165, 1.54) is 12.1 Å². The summed E-state index contributed by atoms with van der Waals surface area (Å²) in [4.78, 5) is 21.1. The van der Waals surface area contributed by atoms with Crippen molar-refractivity contribution < 1.29 is 27.4 Å². The van der Waals surface area contributed by atoms with E-state index < -0.39 is 20.1 Å². The molecule has 0 radical (unpaired) electrons. The number of halogens is 3. The molecule has 1 N–H and O–H groups in total. The summed E-state index contributed by atoms with van der Waals surface area (Å²) >= 11 is 0. The lowest BCUT2D eigenvalue weighted by molar-refractivity contribution is -0.167. The van der Waals surface area contributed by atoms with Crippen LogP contribution in [0.1, 0.15) is 0 Å². The van der Waals surface area contributed by atoms with Crippen LogP contribution >= 0.6 is 8.03 Å². The Hall–Kier alpha value is -1.46. The number of nitrogens with one attached hydrogen (secondary N) is 1. The van der Waals surface area contributed by atoms with Crippen LogP contribution < -0.4 is 15.5 Å². The van der Waals surface area contributed by atoms with Crippen LogP contribution in [-0.2, 0) is 9.36 Å². The third-order valence-corrected chi connectivity index (χ3v) is 2.27. The van der Waals surface area contributed by atoms with Crippen LogP contribution in [0.15, 0.2) is 24.3 Å². The zero-order valence-electron chi connectivity index (χ0n) is 7.62. The van der Waals surface area contributed by atoms with Gasteiger partial charge in [-0.25, -0.2) is 0 Å². The van der Waals surface area contributed by atoms with Gasteiger partial charge in [-0.15, -0.1) is 0 Å². The van der Waals surface area contributed by atoms with E-state index in [-0.39, 0.29) is 11.0 Å². The molecule has 1 aromatic carbocycles. The van der Waals surface area contributed by atoms with Gasteiger partial charge in [-0.3, -0.25) is 4.79 Å². The molecule has 86 valence electrons. The fraction of sp³-hybridized carbons (Fsp3) is 0.125. The highest BCUT2D eigenvalue weighted by Crippen LogP contribution is 2.18. The van der Waals surface area contributed by atoms with E-state index in [1.807, 2.05) is 0 Å². The Labute approximate surface area is 89.0 Å². The Bertz CT molecular complexity index is 433. The molecule has 1 amide bonds. The van der Waals surface area contributed by atoms with Crippen LogP contribution in [0.2, 0.25) is 0 Å². The number of rotatable bonds is 2. The zero-order valence-corrected chi connectivity index (χ0v) is 8.51. The van der Waals surface area contributed by atoms with Crippen LogP contribution in [0.4, 0.5) is 18.9 Å². The maximum absolute atomic E-state index is 11.9. The topological polar surface area (TPSA) is 69.2 Å². The van der Waals surface area contributed by atoms with Crippen molar-refractivity contribution in [1.29, 1.82) is 0 Å². The molecule has 1 unspecified atom stereocenters. The molecule has 0 saturated heterocycles. The van der Waals surface area contributed by atoms with Gasteiger partial charge in [-0.2, -0.15) is 13.2 Å². The van der Waals surface area contributed by atoms with Gasteiger partial charge < -0.3 is 10.2 Å². The van der Waals surface area contributed by atoms with Crippen LogP contribution in [0, 0.1) is 0 Å². The van der Waals surface area contributed by atoms with Crippen LogP contribution in [0.5, 0.6) is 0 Å². The second kappa shape index (κ2) is 4.59. The Morgan fingerprint density at radius 2 is 2.00 bits per heavy atom.